The van der Waals surface area contributed by atoms with Crippen molar-refractivity contribution in [2.24, 2.45) is 0 Å². The van der Waals surface area contributed by atoms with Crippen LogP contribution in [0, 0.1) is 6.92 Å². The number of aryl methyl sites for hydroxylation is 1. The molecule has 0 unspecified atom stereocenters. The van der Waals surface area contributed by atoms with Gasteiger partial charge in [0.2, 0.25) is 5.91 Å². The minimum Gasteiger partial charge on any atom is -0.384 e. The summed E-state index contributed by atoms with van der Waals surface area (Å²) in [6.45, 7) is 6.87. The summed E-state index contributed by atoms with van der Waals surface area (Å²) in [7, 11) is 0. The molecule has 0 aliphatic carbocycles. The highest BCUT2D eigenvalue weighted by Crippen LogP contribution is 2.20. The molecule has 2 N–H and O–H groups in total. The maximum atomic E-state index is 12.0. The monoisotopic (exact) mass is 330 g/mol. The van der Waals surface area contributed by atoms with E-state index in [0.717, 1.165) is 22.0 Å². The number of nitrogens with one attached hydrogen (secondary N) is 2. The van der Waals surface area contributed by atoms with Gasteiger partial charge in [0.05, 0.1) is 0 Å². The van der Waals surface area contributed by atoms with E-state index < -0.39 is 0 Å². The molecule has 1 amide bonds. The lowest BCUT2D eigenvalue weighted by molar-refractivity contribution is -0.115. The Morgan fingerprint density at radius 1 is 1.13 bits per heavy atom. The van der Waals surface area contributed by atoms with E-state index in [-0.39, 0.29) is 5.91 Å². The van der Waals surface area contributed by atoms with Crippen LogP contribution in [0.15, 0.2) is 42.5 Å². The number of hydrogen-bond acceptors (Lipinski definition) is 2. The molecule has 2 aromatic rings. The van der Waals surface area contributed by atoms with E-state index >= 15 is 0 Å². The number of halogens is 1. The highest BCUT2D eigenvalue weighted by molar-refractivity contribution is 6.30. The quantitative estimate of drug-likeness (QED) is 0.763. The molecular weight excluding hydrogens is 308 g/mol. The fraction of sp³-hybridized carbons (Fsp3) is 0.316. The van der Waals surface area contributed by atoms with Crippen molar-refractivity contribution in [3.05, 3.63) is 58.6 Å². The topological polar surface area (TPSA) is 41.1 Å². The minimum absolute atomic E-state index is 0.00131. The van der Waals surface area contributed by atoms with Gasteiger partial charge >= 0.3 is 0 Å². The maximum absolute atomic E-state index is 12.0. The van der Waals surface area contributed by atoms with E-state index in [9.17, 15) is 4.79 Å². The lowest BCUT2D eigenvalue weighted by atomic mass is 10.0. The normalized spacial score (nSPS) is 10.7. The number of anilines is 2. The molecule has 0 atom stereocenters. The van der Waals surface area contributed by atoms with Gasteiger partial charge in [-0.1, -0.05) is 37.6 Å². The predicted octanol–water partition coefficient (Wildman–Crippen LogP) is 5.21. The molecule has 3 nitrogen and oxygen atoms in total. The first kappa shape index (κ1) is 17.4. The third-order valence-electron chi connectivity index (χ3n) is 3.72. The largest absolute Gasteiger partial charge is 0.384 e. The van der Waals surface area contributed by atoms with E-state index in [4.69, 9.17) is 11.6 Å². The summed E-state index contributed by atoms with van der Waals surface area (Å²) in [5.41, 5.74) is 4.18. The van der Waals surface area contributed by atoms with Gasteiger partial charge < -0.3 is 10.6 Å². The van der Waals surface area contributed by atoms with Crippen LogP contribution in [-0.2, 0) is 4.79 Å². The predicted molar refractivity (Wildman–Crippen MR) is 98.5 cm³/mol. The zero-order valence-corrected chi connectivity index (χ0v) is 14.6. The zero-order valence-electron chi connectivity index (χ0n) is 13.8. The number of rotatable bonds is 6. The van der Waals surface area contributed by atoms with Crippen LogP contribution >= 0.6 is 11.6 Å². The van der Waals surface area contributed by atoms with Gasteiger partial charge in [0, 0.05) is 29.4 Å². The van der Waals surface area contributed by atoms with E-state index in [0.29, 0.717) is 18.9 Å². The molecule has 23 heavy (non-hydrogen) atoms. The second-order valence-corrected chi connectivity index (χ2v) is 6.40. The van der Waals surface area contributed by atoms with Crippen LogP contribution in [0.4, 0.5) is 11.4 Å². The van der Waals surface area contributed by atoms with Crippen molar-refractivity contribution in [1.82, 2.24) is 0 Å². The third kappa shape index (κ3) is 5.29. The Bertz CT molecular complexity index is 666. The number of carbonyl (C=O) groups excluding carboxylic acids is 1. The molecule has 0 saturated heterocycles. The van der Waals surface area contributed by atoms with Gasteiger partial charge in [0.15, 0.2) is 0 Å². The SMILES string of the molecule is Cc1cc(Cl)ccc1NCCC(=O)Nc1ccc(C(C)C)cc1. The first-order chi connectivity index (χ1) is 11.0. The molecule has 0 heterocycles. The van der Waals surface area contributed by atoms with Gasteiger partial charge in [0.1, 0.15) is 0 Å². The Hall–Kier alpha value is -2.00. The Kier molecular flexibility index (Phi) is 6.05. The van der Waals surface area contributed by atoms with E-state index in [1.54, 1.807) is 0 Å². The Labute approximate surface area is 143 Å². The molecular formula is C19H23ClN2O. The van der Waals surface area contributed by atoms with Gasteiger partial charge in [-0.25, -0.2) is 0 Å². The van der Waals surface area contributed by atoms with Crippen molar-refractivity contribution in [3.63, 3.8) is 0 Å². The molecule has 0 aliphatic heterocycles. The van der Waals surface area contributed by atoms with Crippen LogP contribution in [0.2, 0.25) is 5.02 Å². The molecule has 4 heteroatoms. The summed E-state index contributed by atoms with van der Waals surface area (Å²) < 4.78 is 0. The Balaban J connectivity index is 1.80. The number of hydrogen-bond donors (Lipinski definition) is 2. The van der Waals surface area contributed by atoms with Crippen LogP contribution in [-0.4, -0.2) is 12.5 Å². The average Bonchev–Trinajstić information content (AvgIpc) is 2.50. The first-order valence-corrected chi connectivity index (χ1v) is 8.23. The van der Waals surface area contributed by atoms with Gasteiger partial charge in [-0.3, -0.25) is 4.79 Å². The van der Waals surface area contributed by atoms with E-state index in [1.807, 2.05) is 37.3 Å². The summed E-state index contributed by atoms with van der Waals surface area (Å²) in [4.78, 5) is 12.0. The second kappa shape index (κ2) is 8.02. The van der Waals surface area contributed by atoms with Crippen molar-refractivity contribution in [3.8, 4) is 0 Å². The smallest absolute Gasteiger partial charge is 0.226 e. The summed E-state index contributed by atoms with van der Waals surface area (Å²) in [6, 6.07) is 13.7. The fourth-order valence-electron chi connectivity index (χ4n) is 2.31. The van der Waals surface area contributed by atoms with Crippen LogP contribution in [0.25, 0.3) is 0 Å². The van der Waals surface area contributed by atoms with Crippen LogP contribution < -0.4 is 10.6 Å². The molecule has 2 aromatic carbocycles. The van der Waals surface area contributed by atoms with Gasteiger partial charge in [0.25, 0.3) is 0 Å². The van der Waals surface area contributed by atoms with Crippen LogP contribution in [0.1, 0.15) is 37.3 Å². The maximum Gasteiger partial charge on any atom is 0.226 e. The van der Waals surface area contributed by atoms with Gasteiger partial charge in [-0.15, -0.1) is 0 Å². The molecule has 0 aromatic heterocycles. The summed E-state index contributed by atoms with van der Waals surface area (Å²) >= 11 is 5.93. The summed E-state index contributed by atoms with van der Waals surface area (Å²) in [5.74, 6) is 0.494. The number of carbonyl (C=O) groups is 1. The van der Waals surface area contributed by atoms with Gasteiger partial charge in [-0.05, 0) is 54.3 Å². The molecule has 0 spiro atoms. The zero-order chi connectivity index (χ0) is 16.8. The lowest BCUT2D eigenvalue weighted by Crippen LogP contribution is -2.16. The highest BCUT2D eigenvalue weighted by Gasteiger charge is 2.04. The standard InChI is InChI=1S/C19H23ClN2O/c1-13(2)15-4-7-17(8-5-15)22-19(23)10-11-21-18-9-6-16(20)12-14(18)3/h4-9,12-13,21H,10-11H2,1-3H3,(H,22,23). The molecule has 0 saturated carbocycles. The van der Waals surface area contributed by atoms with Crippen molar-refractivity contribution in [1.29, 1.82) is 0 Å². The molecule has 0 bridgehead atoms. The third-order valence-corrected chi connectivity index (χ3v) is 3.95. The van der Waals surface area contributed by atoms with Gasteiger partial charge in [-0.2, -0.15) is 0 Å². The molecule has 0 radical (unpaired) electrons. The Morgan fingerprint density at radius 2 is 1.83 bits per heavy atom. The highest BCUT2D eigenvalue weighted by atomic mass is 35.5. The minimum atomic E-state index is 0.00131. The molecule has 0 fully saturated rings. The molecule has 2 rings (SSSR count). The van der Waals surface area contributed by atoms with E-state index in [2.05, 4.69) is 36.6 Å². The van der Waals surface area contributed by atoms with Crippen LogP contribution in [0.3, 0.4) is 0 Å². The van der Waals surface area contributed by atoms with Crippen molar-refractivity contribution < 1.29 is 4.79 Å². The number of benzene rings is 2. The number of amides is 1. The molecule has 122 valence electrons. The summed E-state index contributed by atoms with van der Waals surface area (Å²) in [6.07, 6.45) is 0.411. The van der Waals surface area contributed by atoms with Crippen molar-refractivity contribution in [2.45, 2.75) is 33.1 Å². The van der Waals surface area contributed by atoms with Crippen molar-refractivity contribution in [2.75, 3.05) is 17.2 Å². The average molecular weight is 331 g/mol. The Morgan fingerprint density at radius 3 is 2.43 bits per heavy atom. The van der Waals surface area contributed by atoms with E-state index in [1.165, 1.54) is 5.56 Å². The van der Waals surface area contributed by atoms with Crippen molar-refractivity contribution >= 4 is 28.9 Å². The fourth-order valence-corrected chi connectivity index (χ4v) is 2.54. The first-order valence-electron chi connectivity index (χ1n) is 7.85. The summed E-state index contributed by atoms with van der Waals surface area (Å²) in [5, 5.41) is 6.90. The van der Waals surface area contributed by atoms with Crippen LogP contribution in [0.5, 0.6) is 0 Å². The molecule has 0 aliphatic rings. The lowest BCUT2D eigenvalue weighted by Gasteiger charge is -2.11. The second-order valence-electron chi connectivity index (χ2n) is 5.96.